The lowest BCUT2D eigenvalue weighted by molar-refractivity contribution is 0.145. The second kappa shape index (κ2) is 4.73. The van der Waals surface area contributed by atoms with Crippen LogP contribution in [-0.2, 0) is 0 Å². The van der Waals surface area contributed by atoms with E-state index in [1.165, 1.54) is 25.7 Å². The maximum Gasteiger partial charge on any atom is 0.128 e. The number of aromatic nitrogens is 1. The number of pyridine rings is 1. The first-order chi connectivity index (χ1) is 7.78. The summed E-state index contributed by atoms with van der Waals surface area (Å²) in [7, 11) is 1.89. The number of hydrogen-bond donors (Lipinski definition) is 2. The summed E-state index contributed by atoms with van der Waals surface area (Å²) in [6, 6.07) is 6.04. The third kappa shape index (κ3) is 2.29. The first-order valence-corrected chi connectivity index (χ1v) is 6.17. The third-order valence-electron chi connectivity index (χ3n) is 3.81. The predicted octanol–water partition coefficient (Wildman–Crippen LogP) is 3.12. The van der Waals surface area contributed by atoms with Crippen LogP contribution in [0.2, 0.25) is 0 Å². The zero-order valence-electron chi connectivity index (χ0n) is 10.2. The molecule has 2 rings (SSSR count). The zero-order valence-corrected chi connectivity index (χ0v) is 10.2. The van der Waals surface area contributed by atoms with Gasteiger partial charge >= 0.3 is 0 Å². The van der Waals surface area contributed by atoms with E-state index in [-0.39, 0.29) is 0 Å². The van der Waals surface area contributed by atoms with Crippen molar-refractivity contribution in [1.82, 2.24) is 4.98 Å². The lowest BCUT2D eigenvalue weighted by Gasteiger charge is -2.41. The molecule has 88 valence electrons. The van der Waals surface area contributed by atoms with Gasteiger partial charge in [0.15, 0.2) is 0 Å². The summed E-state index contributed by atoms with van der Waals surface area (Å²) >= 11 is 0. The van der Waals surface area contributed by atoms with Gasteiger partial charge in [0.2, 0.25) is 0 Å². The van der Waals surface area contributed by atoms with Crippen molar-refractivity contribution in [2.24, 2.45) is 5.41 Å². The molecule has 0 amide bonds. The van der Waals surface area contributed by atoms with Crippen LogP contribution in [0.1, 0.15) is 32.6 Å². The molecule has 0 radical (unpaired) electrons. The fourth-order valence-electron chi connectivity index (χ4n) is 2.28. The van der Waals surface area contributed by atoms with Crippen LogP contribution < -0.4 is 10.6 Å². The quantitative estimate of drug-likeness (QED) is 0.799. The average Bonchev–Trinajstić information content (AvgIpc) is 2.29. The van der Waals surface area contributed by atoms with Crippen molar-refractivity contribution in [3.05, 3.63) is 18.2 Å². The summed E-state index contributed by atoms with van der Waals surface area (Å²) in [4.78, 5) is 4.46. The van der Waals surface area contributed by atoms with Crippen LogP contribution in [0.3, 0.4) is 0 Å². The molecule has 2 N–H and O–H groups in total. The standard InChI is InChI=1S/C13H21N3/c1-3-13(8-5-9-13)10-15-12-7-4-6-11(14-2)16-12/h4,6-7H,3,5,8-10H2,1-2H3,(H2,14,15,16). The molecular weight excluding hydrogens is 198 g/mol. The van der Waals surface area contributed by atoms with Gasteiger partial charge in [-0.2, -0.15) is 0 Å². The molecule has 0 unspecified atom stereocenters. The Bertz CT molecular complexity index is 339. The van der Waals surface area contributed by atoms with E-state index in [0.717, 1.165) is 18.2 Å². The highest BCUT2D eigenvalue weighted by molar-refractivity contribution is 5.44. The van der Waals surface area contributed by atoms with Crippen LogP contribution in [0.25, 0.3) is 0 Å². The normalized spacial score (nSPS) is 17.6. The van der Waals surface area contributed by atoms with Crippen molar-refractivity contribution in [3.63, 3.8) is 0 Å². The van der Waals surface area contributed by atoms with Gasteiger partial charge in [0, 0.05) is 13.6 Å². The molecule has 0 atom stereocenters. The number of hydrogen-bond acceptors (Lipinski definition) is 3. The van der Waals surface area contributed by atoms with Crippen LogP contribution in [0.4, 0.5) is 11.6 Å². The molecule has 1 aliphatic rings. The summed E-state index contributed by atoms with van der Waals surface area (Å²) < 4.78 is 0. The molecule has 0 bridgehead atoms. The van der Waals surface area contributed by atoms with Crippen LogP contribution in [0.5, 0.6) is 0 Å². The SMILES string of the molecule is CCC1(CNc2cccc(NC)n2)CCC1. The molecule has 0 aromatic carbocycles. The lowest BCUT2D eigenvalue weighted by Crippen LogP contribution is -2.36. The van der Waals surface area contributed by atoms with Crippen LogP contribution in [0, 0.1) is 5.41 Å². The van der Waals surface area contributed by atoms with Crippen molar-refractivity contribution in [1.29, 1.82) is 0 Å². The summed E-state index contributed by atoms with van der Waals surface area (Å²) in [6.45, 7) is 3.35. The van der Waals surface area contributed by atoms with Gasteiger partial charge in [-0.05, 0) is 36.8 Å². The number of rotatable bonds is 5. The zero-order chi connectivity index (χ0) is 11.4. The number of anilines is 2. The van der Waals surface area contributed by atoms with Crippen molar-refractivity contribution in [2.45, 2.75) is 32.6 Å². The van der Waals surface area contributed by atoms with Gasteiger partial charge in [-0.25, -0.2) is 4.98 Å². The predicted molar refractivity (Wildman–Crippen MR) is 68.8 cm³/mol. The fourth-order valence-corrected chi connectivity index (χ4v) is 2.28. The molecule has 1 fully saturated rings. The second-order valence-corrected chi connectivity index (χ2v) is 4.72. The fraction of sp³-hybridized carbons (Fsp3) is 0.615. The summed E-state index contributed by atoms with van der Waals surface area (Å²) in [5, 5.41) is 6.52. The van der Waals surface area contributed by atoms with Gasteiger partial charge < -0.3 is 10.6 Å². The largest absolute Gasteiger partial charge is 0.373 e. The molecule has 1 aromatic heterocycles. The van der Waals surface area contributed by atoms with E-state index in [1.807, 2.05) is 25.2 Å². The highest BCUT2D eigenvalue weighted by atomic mass is 15.1. The van der Waals surface area contributed by atoms with E-state index >= 15 is 0 Å². The first-order valence-electron chi connectivity index (χ1n) is 6.17. The Morgan fingerprint density at radius 3 is 2.62 bits per heavy atom. The van der Waals surface area contributed by atoms with E-state index in [9.17, 15) is 0 Å². The topological polar surface area (TPSA) is 37.0 Å². The van der Waals surface area contributed by atoms with Gasteiger partial charge in [0.25, 0.3) is 0 Å². The van der Waals surface area contributed by atoms with Gasteiger partial charge in [-0.3, -0.25) is 0 Å². The van der Waals surface area contributed by atoms with Crippen LogP contribution in [-0.4, -0.2) is 18.6 Å². The molecule has 1 aliphatic carbocycles. The first kappa shape index (κ1) is 11.2. The Morgan fingerprint density at radius 2 is 2.06 bits per heavy atom. The Labute approximate surface area is 97.7 Å². The number of nitrogens with zero attached hydrogens (tertiary/aromatic N) is 1. The molecule has 3 heteroatoms. The highest BCUT2D eigenvalue weighted by Crippen LogP contribution is 2.43. The maximum absolute atomic E-state index is 4.46. The Kier molecular flexibility index (Phi) is 3.32. The van der Waals surface area contributed by atoms with Crippen molar-refractivity contribution >= 4 is 11.6 Å². The van der Waals surface area contributed by atoms with Crippen molar-refractivity contribution in [2.75, 3.05) is 24.2 Å². The molecule has 1 saturated carbocycles. The molecule has 3 nitrogen and oxygen atoms in total. The molecule has 0 aliphatic heterocycles. The van der Waals surface area contributed by atoms with Gasteiger partial charge in [0.05, 0.1) is 0 Å². The molecule has 0 saturated heterocycles. The highest BCUT2D eigenvalue weighted by Gasteiger charge is 2.34. The van der Waals surface area contributed by atoms with Crippen LogP contribution in [0.15, 0.2) is 18.2 Å². The Hall–Kier alpha value is -1.25. The maximum atomic E-state index is 4.46. The smallest absolute Gasteiger partial charge is 0.128 e. The third-order valence-corrected chi connectivity index (χ3v) is 3.81. The van der Waals surface area contributed by atoms with Gasteiger partial charge in [-0.15, -0.1) is 0 Å². The van der Waals surface area contributed by atoms with E-state index in [0.29, 0.717) is 5.41 Å². The van der Waals surface area contributed by atoms with Crippen molar-refractivity contribution < 1.29 is 0 Å². The summed E-state index contributed by atoms with van der Waals surface area (Å²) in [6.07, 6.45) is 5.38. The minimum atomic E-state index is 0.539. The van der Waals surface area contributed by atoms with E-state index in [2.05, 4.69) is 22.5 Å². The van der Waals surface area contributed by atoms with Crippen LogP contribution >= 0.6 is 0 Å². The molecule has 1 aromatic rings. The van der Waals surface area contributed by atoms with Gasteiger partial charge in [-0.1, -0.05) is 19.4 Å². The summed E-state index contributed by atoms with van der Waals surface area (Å²) in [5.41, 5.74) is 0.539. The number of nitrogens with one attached hydrogen (secondary N) is 2. The average molecular weight is 219 g/mol. The minimum Gasteiger partial charge on any atom is -0.373 e. The van der Waals surface area contributed by atoms with Crippen molar-refractivity contribution in [3.8, 4) is 0 Å². The lowest BCUT2D eigenvalue weighted by atomic mass is 9.67. The molecule has 1 heterocycles. The molecule has 0 spiro atoms. The summed E-state index contributed by atoms with van der Waals surface area (Å²) in [5.74, 6) is 1.90. The monoisotopic (exact) mass is 219 g/mol. The Balaban J connectivity index is 1.93. The Morgan fingerprint density at radius 1 is 1.31 bits per heavy atom. The molecular formula is C13H21N3. The van der Waals surface area contributed by atoms with E-state index < -0.39 is 0 Å². The van der Waals surface area contributed by atoms with Gasteiger partial charge in [0.1, 0.15) is 11.6 Å². The van der Waals surface area contributed by atoms with E-state index in [4.69, 9.17) is 0 Å². The minimum absolute atomic E-state index is 0.539. The molecule has 16 heavy (non-hydrogen) atoms. The second-order valence-electron chi connectivity index (χ2n) is 4.72. The van der Waals surface area contributed by atoms with E-state index in [1.54, 1.807) is 0 Å².